The van der Waals surface area contributed by atoms with E-state index in [4.69, 9.17) is 19.9 Å². The molecule has 6 rings (SSSR count). The van der Waals surface area contributed by atoms with Gasteiger partial charge in [-0.25, -0.2) is 4.79 Å². The molecule has 0 spiro atoms. The van der Waals surface area contributed by atoms with Crippen LogP contribution in [0.2, 0.25) is 0 Å². The van der Waals surface area contributed by atoms with Gasteiger partial charge in [-0.15, -0.1) is 0 Å². The summed E-state index contributed by atoms with van der Waals surface area (Å²) in [6, 6.07) is 9.29. The van der Waals surface area contributed by atoms with Crippen molar-refractivity contribution in [3.05, 3.63) is 47.5 Å². The van der Waals surface area contributed by atoms with Crippen molar-refractivity contribution in [2.24, 2.45) is 58.5 Å². The average molecular weight is 596 g/mol. The van der Waals surface area contributed by atoms with Crippen molar-refractivity contribution in [1.29, 1.82) is 0 Å². The van der Waals surface area contributed by atoms with Crippen molar-refractivity contribution >= 4 is 17.9 Å². The molecule has 9 nitrogen and oxygen atoms in total. The number of rotatable bonds is 8. The van der Waals surface area contributed by atoms with E-state index < -0.39 is 41.6 Å². The number of fused-ring (bicyclic) bond motifs is 3. The molecule has 1 aromatic carbocycles. The zero-order valence-electron chi connectivity index (χ0n) is 25.1. The number of carboxylic acids is 1. The van der Waals surface area contributed by atoms with Crippen LogP contribution in [0.15, 0.2) is 42.0 Å². The lowest BCUT2D eigenvalue weighted by Gasteiger charge is -2.62. The van der Waals surface area contributed by atoms with E-state index in [2.05, 4.69) is 13.8 Å². The summed E-state index contributed by atoms with van der Waals surface area (Å²) in [5.41, 5.74) is 7.88. The minimum absolute atomic E-state index is 0.00209. The number of carbonyl (C=O) groups is 3. The van der Waals surface area contributed by atoms with Crippen molar-refractivity contribution in [1.82, 2.24) is 0 Å². The zero-order valence-corrected chi connectivity index (χ0v) is 25.1. The van der Waals surface area contributed by atoms with E-state index in [1.165, 1.54) is 0 Å². The maximum atomic E-state index is 14.0. The highest BCUT2D eigenvalue weighted by atomic mass is 16.7. The van der Waals surface area contributed by atoms with Gasteiger partial charge >= 0.3 is 12.1 Å². The molecule has 7 unspecified atom stereocenters. The average Bonchev–Trinajstić information content (AvgIpc) is 2.96. The van der Waals surface area contributed by atoms with Crippen molar-refractivity contribution in [2.45, 2.75) is 70.6 Å². The number of ether oxygens (including phenoxy) is 3. The highest BCUT2D eigenvalue weighted by Gasteiger charge is 2.64. The van der Waals surface area contributed by atoms with Gasteiger partial charge in [0, 0.05) is 17.3 Å². The van der Waals surface area contributed by atoms with Crippen molar-refractivity contribution in [3.8, 4) is 0 Å². The van der Waals surface area contributed by atoms with Gasteiger partial charge in [0.05, 0.1) is 37.9 Å². The first-order valence-corrected chi connectivity index (χ1v) is 16.0. The highest BCUT2D eigenvalue weighted by molar-refractivity contribution is 5.97. The molecule has 0 amide bonds. The largest absolute Gasteiger partial charge is 0.506 e. The number of hydrogen-bond donors (Lipinski definition) is 3. The van der Waals surface area contributed by atoms with Crippen LogP contribution in [-0.2, 0) is 23.8 Å². The van der Waals surface area contributed by atoms with Crippen molar-refractivity contribution in [2.75, 3.05) is 19.8 Å². The summed E-state index contributed by atoms with van der Waals surface area (Å²) in [6.45, 7) is 5.25. The van der Waals surface area contributed by atoms with E-state index in [-0.39, 0.29) is 48.0 Å². The fraction of sp³-hybridized carbons (Fsp3) is 0.676. The van der Waals surface area contributed by atoms with Crippen LogP contribution in [0.5, 0.6) is 0 Å². The molecule has 234 valence electrons. The maximum absolute atomic E-state index is 14.0. The van der Waals surface area contributed by atoms with E-state index in [0.29, 0.717) is 25.6 Å². The lowest BCUT2D eigenvalue weighted by Crippen LogP contribution is -2.64. The van der Waals surface area contributed by atoms with Gasteiger partial charge in [0.2, 0.25) is 0 Å². The highest BCUT2D eigenvalue weighted by Crippen LogP contribution is 2.64. The molecule has 43 heavy (non-hydrogen) atoms. The van der Waals surface area contributed by atoms with E-state index >= 15 is 0 Å². The Labute approximate surface area is 253 Å². The van der Waals surface area contributed by atoms with E-state index in [1.807, 2.05) is 30.3 Å². The fourth-order valence-electron chi connectivity index (χ4n) is 9.90. The molecule has 9 heteroatoms. The first-order valence-electron chi connectivity index (χ1n) is 16.0. The van der Waals surface area contributed by atoms with Gasteiger partial charge in [-0.05, 0) is 79.8 Å². The second-order valence-corrected chi connectivity index (χ2v) is 14.1. The molecule has 4 N–H and O–H groups in total. The van der Waals surface area contributed by atoms with Gasteiger partial charge in [0.15, 0.2) is 5.78 Å². The van der Waals surface area contributed by atoms with Crippen LogP contribution in [0, 0.1) is 52.8 Å². The number of carboxylic acid groups (broad SMARTS) is 2. The van der Waals surface area contributed by atoms with Crippen LogP contribution in [-0.4, -0.2) is 60.1 Å². The Hall–Kier alpha value is -2.75. The molecule has 4 fully saturated rings. The predicted octanol–water partition coefficient (Wildman–Crippen LogP) is 5.10. The third-order valence-electron chi connectivity index (χ3n) is 11.4. The minimum atomic E-state index is -1.35. The Kier molecular flexibility index (Phi) is 8.43. The Morgan fingerprint density at radius 2 is 1.86 bits per heavy atom. The van der Waals surface area contributed by atoms with Crippen LogP contribution in [0.1, 0.15) is 64.0 Å². The summed E-state index contributed by atoms with van der Waals surface area (Å²) in [4.78, 5) is 38.5. The van der Waals surface area contributed by atoms with Crippen LogP contribution >= 0.6 is 0 Å². The SMILES string of the molecule is CC(C)CC1CCC2C3CCC4C5COC[C@]4(C[C@@H](OC(=O)O)[C@@H]5OCC(N)c4ccccc4)C3=CC(=O)C2[C@@H]1C(=O)O. The molecule has 4 aliphatic carbocycles. The molecule has 1 aromatic rings. The number of carbonyl (C=O) groups excluding carboxylic acids is 1. The summed E-state index contributed by atoms with van der Waals surface area (Å²) in [7, 11) is 0. The summed E-state index contributed by atoms with van der Waals surface area (Å²) in [5, 5.41) is 20.1. The standard InChI is InChI=1S/C34H45NO8/c1-18(2)12-20-8-9-22-21-10-11-24-23-15-41-17-34(24,25(21)13-27(36)30(22)29(20)32(37)38)14-28(43-33(39)40)31(23)42-16-26(35)19-6-4-3-5-7-19/h3-7,13,18,20-24,26,28-31H,8-12,14-17,35H2,1-2H3,(H,37,38)(H,39,40)/t20?,21?,22?,23?,24?,26?,28-,29-,30?,31-,34+/m1/s1. The normalized spacial score (nSPS) is 39.1. The van der Waals surface area contributed by atoms with Gasteiger partial charge < -0.3 is 30.2 Å². The van der Waals surface area contributed by atoms with E-state index in [1.54, 1.807) is 6.08 Å². The van der Waals surface area contributed by atoms with Crippen molar-refractivity contribution < 1.29 is 38.8 Å². The van der Waals surface area contributed by atoms with Gasteiger partial charge in [0.1, 0.15) is 6.10 Å². The van der Waals surface area contributed by atoms with E-state index in [0.717, 1.165) is 43.2 Å². The number of aliphatic carboxylic acids is 1. The molecule has 5 aliphatic rings. The van der Waals surface area contributed by atoms with Gasteiger partial charge in [-0.3, -0.25) is 9.59 Å². The summed E-state index contributed by atoms with van der Waals surface area (Å²) >= 11 is 0. The second-order valence-electron chi connectivity index (χ2n) is 14.1. The van der Waals surface area contributed by atoms with Crippen LogP contribution in [0.3, 0.4) is 0 Å². The third-order valence-corrected chi connectivity index (χ3v) is 11.4. The van der Waals surface area contributed by atoms with Crippen LogP contribution < -0.4 is 5.73 Å². The molecule has 0 aromatic heterocycles. The molecule has 1 saturated heterocycles. The number of allylic oxidation sites excluding steroid dienone is 1. The molecule has 2 bridgehead atoms. The second kappa shape index (κ2) is 12.0. The molecule has 1 heterocycles. The Morgan fingerprint density at radius 3 is 2.56 bits per heavy atom. The van der Waals surface area contributed by atoms with Crippen LogP contribution in [0.4, 0.5) is 4.79 Å². The summed E-state index contributed by atoms with van der Waals surface area (Å²) in [6.07, 6.45) is 3.75. The lowest BCUT2D eigenvalue weighted by molar-refractivity contribution is -0.218. The predicted molar refractivity (Wildman–Crippen MR) is 157 cm³/mol. The summed E-state index contributed by atoms with van der Waals surface area (Å²) in [5.74, 6) is -1.67. The quantitative estimate of drug-likeness (QED) is 0.350. The topological polar surface area (TPSA) is 145 Å². The summed E-state index contributed by atoms with van der Waals surface area (Å²) < 4.78 is 18.2. The number of ketones is 1. The van der Waals surface area contributed by atoms with E-state index in [9.17, 15) is 24.6 Å². The number of nitrogens with two attached hydrogens (primary N) is 1. The maximum Gasteiger partial charge on any atom is 0.506 e. The Morgan fingerprint density at radius 1 is 1.09 bits per heavy atom. The first kappa shape index (κ1) is 30.3. The minimum Gasteiger partial charge on any atom is -0.481 e. The molecule has 1 aliphatic heterocycles. The molecule has 11 atom stereocenters. The first-order chi connectivity index (χ1) is 20.6. The molecular weight excluding hydrogens is 550 g/mol. The lowest BCUT2D eigenvalue weighted by atomic mass is 9.45. The van der Waals surface area contributed by atoms with Crippen LogP contribution in [0.25, 0.3) is 0 Å². The van der Waals surface area contributed by atoms with Crippen molar-refractivity contribution in [3.63, 3.8) is 0 Å². The Balaban J connectivity index is 1.30. The Bertz CT molecular complexity index is 1250. The molecular formula is C34H45NO8. The van der Waals surface area contributed by atoms with Gasteiger partial charge in [0.25, 0.3) is 0 Å². The smallest absolute Gasteiger partial charge is 0.481 e. The third kappa shape index (κ3) is 5.42. The molecule has 0 radical (unpaired) electrons. The monoisotopic (exact) mass is 595 g/mol. The van der Waals surface area contributed by atoms with Gasteiger partial charge in [-0.1, -0.05) is 49.8 Å². The molecule has 3 saturated carbocycles. The number of benzene rings is 1. The van der Waals surface area contributed by atoms with Gasteiger partial charge in [-0.2, -0.15) is 0 Å². The fourth-order valence-corrected chi connectivity index (χ4v) is 9.90. The number of hydrogen-bond acceptors (Lipinski definition) is 7. The zero-order chi connectivity index (χ0) is 30.5.